The predicted molar refractivity (Wildman–Crippen MR) is 73.0 cm³/mol. The van der Waals surface area contributed by atoms with Gasteiger partial charge in [0.1, 0.15) is 0 Å². The highest BCUT2D eigenvalue weighted by Crippen LogP contribution is 2.32. The first-order valence-corrected chi connectivity index (χ1v) is 7.01. The third-order valence-electron chi connectivity index (χ3n) is 1.89. The highest BCUT2D eigenvalue weighted by molar-refractivity contribution is 7.99. The minimum atomic E-state index is 0.555. The first kappa shape index (κ1) is 14.0. The Morgan fingerprint density at radius 2 is 1.88 bits per heavy atom. The van der Waals surface area contributed by atoms with Crippen LogP contribution in [0, 0.1) is 0 Å². The quantitative estimate of drug-likeness (QED) is 0.777. The maximum Gasteiger partial charge on any atom is 0.156 e. The molecular weight excluding hydrogens is 265 g/mol. The zero-order chi connectivity index (χ0) is 11.8. The second kappa shape index (κ2) is 8.07. The Morgan fingerprint density at radius 3 is 2.50 bits per heavy atom. The van der Waals surface area contributed by atoms with E-state index in [0.29, 0.717) is 22.4 Å². The van der Waals surface area contributed by atoms with E-state index in [4.69, 9.17) is 33.7 Å². The van der Waals surface area contributed by atoms with Crippen molar-refractivity contribution in [3.05, 3.63) is 28.2 Å². The molecule has 0 aromatic heterocycles. The average Bonchev–Trinajstić information content (AvgIpc) is 2.26. The first-order valence-electron chi connectivity index (χ1n) is 5.10. The summed E-state index contributed by atoms with van der Waals surface area (Å²) in [5.41, 5.74) is 5.39. The van der Waals surface area contributed by atoms with E-state index in [1.807, 2.05) is 11.8 Å². The Kier molecular flexibility index (Phi) is 7.05. The zero-order valence-corrected chi connectivity index (χ0v) is 11.2. The van der Waals surface area contributed by atoms with Crippen molar-refractivity contribution in [2.45, 2.75) is 6.42 Å². The molecule has 0 saturated carbocycles. The second-order valence-electron chi connectivity index (χ2n) is 3.15. The molecule has 90 valence electrons. The minimum absolute atomic E-state index is 0.555. The number of hydrogen-bond donors (Lipinski definition) is 1. The van der Waals surface area contributed by atoms with Crippen molar-refractivity contribution >= 4 is 35.0 Å². The molecule has 0 unspecified atom stereocenters. The lowest BCUT2D eigenvalue weighted by Gasteiger charge is -2.09. The molecule has 2 N–H and O–H groups in total. The number of nitrogens with two attached hydrogens (primary N) is 1. The zero-order valence-electron chi connectivity index (χ0n) is 8.92. The van der Waals surface area contributed by atoms with Gasteiger partial charge in [-0.1, -0.05) is 29.3 Å². The molecule has 0 aliphatic carbocycles. The molecule has 5 heteroatoms. The van der Waals surface area contributed by atoms with E-state index in [2.05, 4.69) is 0 Å². The highest BCUT2D eigenvalue weighted by Gasteiger charge is 2.05. The van der Waals surface area contributed by atoms with Gasteiger partial charge in [0.25, 0.3) is 0 Å². The van der Waals surface area contributed by atoms with E-state index in [1.54, 1.807) is 18.2 Å². The van der Waals surface area contributed by atoms with Crippen LogP contribution in [0.5, 0.6) is 5.75 Å². The molecule has 0 aliphatic rings. The van der Waals surface area contributed by atoms with E-state index in [9.17, 15) is 0 Å². The molecule has 0 saturated heterocycles. The number of para-hydroxylation sites is 1. The smallest absolute Gasteiger partial charge is 0.156 e. The normalized spacial score (nSPS) is 10.4. The van der Waals surface area contributed by atoms with Gasteiger partial charge in [-0.25, -0.2) is 0 Å². The van der Waals surface area contributed by atoms with Crippen molar-refractivity contribution < 1.29 is 4.74 Å². The number of hydrogen-bond acceptors (Lipinski definition) is 3. The van der Waals surface area contributed by atoms with Crippen LogP contribution in [-0.2, 0) is 0 Å². The monoisotopic (exact) mass is 279 g/mol. The Labute approximate surface area is 110 Å². The summed E-state index contributed by atoms with van der Waals surface area (Å²) in [6.45, 7) is 1.35. The molecule has 16 heavy (non-hydrogen) atoms. The van der Waals surface area contributed by atoms with Crippen LogP contribution in [0.3, 0.4) is 0 Å². The van der Waals surface area contributed by atoms with E-state index in [-0.39, 0.29) is 0 Å². The number of rotatable bonds is 7. The van der Waals surface area contributed by atoms with Gasteiger partial charge < -0.3 is 10.5 Å². The lowest BCUT2D eigenvalue weighted by atomic mass is 10.3. The van der Waals surface area contributed by atoms with Gasteiger partial charge in [0.05, 0.1) is 16.7 Å². The molecule has 0 aliphatic heterocycles. The number of halogens is 2. The average molecular weight is 280 g/mol. The van der Waals surface area contributed by atoms with Gasteiger partial charge in [-0.2, -0.15) is 11.8 Å². The van der Waals surface area contributed by atoms with Crippen molar-refractivity contribution in [1.82, 2.24) is 0 Å². The van der Waals surface area contributed by atoms with Gasteiger partial charge in [-0.15, -0.1) is 0 Å². The maximum absolute atomic E-state index is 5.96. The fourth-order valence-electron chi connectivity index (χ4n) is 1.11. The Hall–Kier alpha value is -0.0900. The van der Waals surface area contributed by atoms with Crippen LogP contribution in [0.15, 0.2) is 18.2 Å². The van der Waals surface area contributed by atoms with Gasteiger partial charge in [0.2, 0.25) is 0 Å². The maximum atomic E-state index is 5.96. The van der Waals surface area contributed by atoms with Crippen LogP contribution < -0.4 is 10.5 Å². The molecule has 0 atom stereocenters. The van der Waals surface area contributed by atoms with E-state index in [1.165, 1.54) is 0 Å². The van der Waals surface area contributed by atoms with Crippen LogP contribution in [0.4, 0.5) is 0 Å². The lowest BCUT2D eigenvalue weighted by molar-refractivity contribution is 0.344. The molecule has 0 radical (unpaired) electrons. The molecule has 1 rings (SSSR count). The Balaban J connectivity index is 2.26. The first-order chi connectivity index (χ1) is 7.75. The Morgan fingerprint density at radius 1 is 1.19 bits per heavy atom. The van der Waals surface area contributed by atoms with Crippen LogP contribution >= 0.6 is 35.0 Å². The summed E-state index contributed by atoms with van der Waals surface area (Å²) >= 11 is 13.7. The fraction of sp³-hybridized carbons (Fsp3) is 0.455. The van der Waals surface area contributed by atoms with E-state index in [0.717, 1.165) is 24.5 Å². The molecule has 0 amide bonds. The van der Waals surface area contributed by atoms with Gasteiger partial charge in [-0.3, -0.25) is 0 Å². The lowest BCUT2D eigenvalue weighted by Crippen LogP contribution is -2.04. The van der Waals surface area contributed by atoms with Gasteiger partial charge >= 0.3 is 0 Å². The Bertz CT molecular complexity index is 303. The van der Waals surface area contributed by atoms with Gasteiger partial charge in [0, 0.05) is 5.75 Å². The van der Waals surface area contributed by atoms with Crippen LogP contribution in [-0.4, -0.2) is 24.7 Å². The van der Waals surface area contributed by atoms with Crippen molar-refractivity contribution in [3.8, 4) is 5.75 Å². The SMILES string of the molecule is NCCCSCCOc1c(Cl)cccc1Cl. The summed E-state index contributed by atoms with van der Waals surface area (Å²) in [6.07, 6.45) is 1.04. The molecule has 2 nitrogen and oxygen atoms in total. The standard InChI is InChI=1S/C11H15Cl2NOS/c12-9-3-1-4-10(13)11(9)15-6-8-16-7-2-5-14/h1,3-4H,2,5-8,14H2. The van der Waals surface area contributed by atoms with Crippen LogP contribution in [0.2, 0.25) is 10.0 Å². The van der Waals surface area contributed by atoms with Crippen molar-refractivity contribution in [2.75, 3.05) is 24.7 Å². The molecular formula is C11H15Cl2NOS. The summed E-state index contributed by atoms with van der Waals surface area (Å²) in [5, 5.41) is 1.11. The highest BCUT2D eigenvalue weighted by atomic mass is 35.5. The molecule has 1 aromatic carbocycles. The minimum Gasteiger partial charge on any atom is -0.490 e. The van der Waals surface area contributed by atoms with Gasteiger partial charge in [-0.05, 0) is 30.9 Å². The van der Waals surface area contributed by atoms with Crippen molar-refractivity contribution in [3.63, 3.8) is 0 Å². The number of ether oxygens (including phenoxy) is 1. The van der Waals surface area contributed by atoms with Crippen molar-refractivity contribution in [2.24, 2.45) is 5.73 Å². The molecule has 0 heterocycles. The van der Waals surface area contributed by atoms with Crippen LogP contribution in [0.25, 0.3) is 0 Å². The fourth-order valence-corrected chi connectivity index (χ4v) is 2.39. The number of benzene rings is 1. The van der Waals surface area contributed by atoms with E-state index < -0.39 is 0 Å². The second-order valence-corrected chi connectivity index (χ2v) is 5.19. The topological polar surface area (TPSA) is 35.2 Å². The summed E-state index contributed by atoms with van der Waals surface area (Å²) in [4.78, 5) is 0. The number of thioether (sulfide) groups is 1. The summed E-state index contributed by atoms with van der Waals surface area (Å²) in [6, 6.07) is 5.34. The third-order valence-corrected chi connectivity index (χ3v) is 3.51. The molecule has 0 fully saturated rings. The molecule has 1 aromatic rings. The molecule has 0 bridgehead atoms. The summed E-state index contributed by atoms with van der Waals surface area (Å²) < 4.78 is 5.53. The van der Waals surface area contributed by atoms with Crippen LogP contribution in [0.1, 0.15) is 6.42 Å². The third kappa shape index (κ3) is 4.83. The predicted octanol–water partition coefficient (Wildman–Crippen LogP) is 3.45. The van der Waals surface area contributed by atoms with E-state index >= 15 is 0 Å². The molecule has 0 spiro atoms. The summed E-state index contributed by atoms with van der Waals surface area (Å²) in [7, 11) is 0. The largest absolute Gasteiger partial charge is 0.490 e. The summed E-state index contributed by atoms with van der Waals surface area (Å²) in [5.74, 6) is 2.56. The van der Waals surface area contributed by atoms with Crippen molar-refractivity contribution in [1.29, 1.82) is 0 Å². The van der Waals surface area contributed by atoms with Gasteiger partial charge in [0.15, 0.2) is 5.75 Å².